The summed E-state index contributed by atoms with van der Waals surface area (Å²) in [5, 5.41) is 2.90. The Labute approximate surface area is 120 Å². The number of rotatable bonds is 4. The third-order valence-corrected chi connectivity index (χ3v) is 3.27. The molecule has 2 aromatic rings. The van der Waals surface area contributed by atoms with Crippen molar-refractivity contribution in [3.8, 4) is 0 Å². The first-order valence-corrected chi connectivity index (χ1v) is 6.78. The van der Waals surface area contributed by atoms with Gasteiger partial charge in [0.05, 0.1) is 0 Å². The minimum atomic E-state index is -0.0785. The molecule has 0 unspecified atom stereocenters. The van der Waals surface area contributed by atoms with Crippen molar-refractivity contribution in [1.82, 2.24) is 0 Å². The minimum absolute atomic E-state index is 0.0785. The maximum Gasteiger partial charge on any atom is 0.255 e. The normalized spacial score (nSPS) is 10.2. The summed E-state index contributed by atoms with van der Waals surface area (Å²) >= 11 is 0. The van der Waals surface area contributed by atoms with Crippen molar-refractivity contribution in [1.29, 1.82) is 0 Å². The number of amides is 1. The molecule has 20 heavy (non-hydrogen) atoms. The van der Waals surface area contributed by atoms with Crippen molar-refractivity contribution in [2.45, 2.75) is 13.3 Å². The second-order valence-corrected chi connectivity index (χ2v) is 4.95. The van der Waals surface area contributed by atoms with Gasteiger partial charge >= 0.3 is 0 Å². The van der Waals surface area contributed by atoms with Crippen LogP contribution in [0.4, 0.5) is 11.4 Å². The maximum absolute atomic E-state index is 12.1. The molecule has 2 aromatic carbocycles. The molecule has 0 saturated carbocycles. The Morgan fingerprint density at radius 3 is 2.10 bits per heavy atom. The quantitative estimate of drug-likeness (QED) is 0.919. The average molecular weight is 268 g/mol. The number of nitrogens with zero attached hydrogens (tertiary/aromatic N) is 1. The SMILES string of the molecule is CCc1ccc(C(=O)Nc2ccc(N(C)C)cc2)cc1. The molecule has 0 radical (unpaired) electrons. The molecule has 0 aliphatic carbocycles. The van der Waals surface area contributed by atoms with Gasteiger partial charge in [0, 0.05) is 31.0 Å². The Hall–Kier alpha value is -2.29. The molecule has 0 fully saturated rings. The van der Waals surface area contributed by atoms with E-state index in [9.17, 15) is 4.79 Å². The molecule has 0 aliphatic rings. The Bertz CT molecular complexity index is 571. The molecule has 0 spiro atoms. The Morgan fingerprint density at radius 2 is 1.60 bits per heavy atom. The van der Waals surface area contributed by atoms with E-state index in [-0.39, 0.29) is 5.91 Å². The largest absolute Gasteiger partial charge is 0.378 e. The zero-order chi connectivity index (χ0) is 14.5. The van der Waals surface area contributed by atoms with Crippen molar-refractivity contribution in [2.24, 2.45) is 0 Å². The molecule has 0 atom stereocenters. The first-order valence-electron chi connectivity index (χ1n) is 6.78. The number of anilines is 2. The standard InChI is InChI=1S/C17H20N2O/c1-4-13-5-7-14(8-6-13)17(20)18-15-9-11-16(12-10-15)19(2)3/h5-12H,4H2,1-3H3,(H,18,20). The first kappa shape index (κ1) is 14.1. The molecule has 0 aliphatic heterocycles. The van der Waals surface area contributed by atoms with Gasteiger partial charge in [-0.2, -0.15) is 0 Å². The van der Waals surface area contributed by atoms with Crippen LogP contribution < -0.4 is 10.2 Å². The minimum Gasteiger partial charge on any atom is -0.378 e. The van der Waals surface area contributed by atoms with Gasteiger partial charge in [-0.25, -0.2) is 0 Å². The van der Waals surface area contributed by atoms with Crippen molar-refractivity contribution in [2.75, 3.05) is 24.3 Å². The highest BCUT2D eigenvalue weighted by atomic mass is 16.1. The van der Waals surface area contributed by atoms with Crippen molar-refractivity contribution in [3.05, 3.63) is 59.7 Å². The fraction of sp³-hybridized carbons (Fsp3) is 0.235. The lowest BCUT2D eigenvalue weighted by Gasteiger charge is -2.13. The highest BCUT2D eigenvalue weighted by Gasteiger charge is 2.06. The Morgan fingerprint density at radius 1 is 1.00 bits per heavy atom. The second kappa shape index (κ2) is 6.24. The van der Waals surface area contributed by atoms with Crippen LogP contribution in [-0.4, -0.2) is 20.0 Å². The van der Waals surface area contributed by atoms with Gasteiger partial charge in [-0.15, -0.1) is 0 Å². The smallest absolute Gasteiger partial charge is 0.255 e. The number of hydrogen-bond donors (Lipinski definition) is 1. The highest BCUT2D eigenvalue weighted by Crippen LogP contribution is 2.16. The van der Waals surface area contributed by atoms with E-state index < -0.39 is 0 Å². The summed E-state index contributed by atoms with van der Waals surface area (Å²) in [6.07, 6.45) is 0.980. The zero-order valence-electron chi connectivity index (χ0n) is 12.2. The van der Waals surface area contributed by atoms with Crippen LogP contribution >= 0.6 is 0 Å². The van der Waals surface area contributed by atoms with Crippen LogP contribution in [0.25, 0.3) is 0 Å². The van der Waals surface area contributed by atoms with Crippen LogP contribution in [0.1, 0.15) is 22.8 Å². The number of nitrogens with one attached hydrogen (secondary N) is 1. The first-order chi connectivity index (χ1) is 9.60. The Balaban J connectivity index is 2.06. The predicted molar refractivity (Wildman–Crippen MR) is 84.5 cm³/mol. The van der Waals surface area contributed by atoms with Gasteiger partial charge in [0.25, 0.3) is 5.91 Å². The highest BCUT2D eigenvalue weighted by molar-refractivity contribution is 6.04. The fourth-order valence-corrected chi connectivity index (χ4v) is 1.94. The van der Waals surface area contributed by atoms with Crippen LogP contribution in [0.5, 0.6) is 0 Å². The molecule has 1 N–H and O–H groups in total. The molecule has 104 valence electrons. The summed E-state index contributed by atoms with van der Waals surface area (Å²) in [5.74, 6) is -0.0785. The third-order valence-electron chi connectivity index (χ3n) is 3.27. The van der Waals surface area contributed by atoms with Gasteiger partial charge in [-0.3, -0.25) is 4.79 Å². The van der Waals surface area contributed by atoms with Crippen LogP contribution in [0.3, 0.4) is 0 Å². The van der Waals surface area contributed by atoms with Gasteiger partial charge in [0.15, 0.2) is 0 Å². The summed E-state index contributed by atoms with van der Waals surface area (Å²) in [6, 6.07) is 15.5. The molecule has 0 saturated heterocycles. The lowest BCUT2D eigenvalue weighted by molar-refractivity contribution is 0.102. The van der Waals surface area contributed by atoms with Gasteiger partial charge in [0.2, 0.25) is 0 Å². The van der Waals surface area contributed by atoms with E-state index in [0.29, 0.717) is 5.56 Å². The lowest BCUT2D eigenvalue weighted by Crippen LogP contribution is -2.12. The topological polar surface area (TPSA) is 32.3 Å². The monoisotopic (exact) mass is 268 g/mol. The van der Waals surface area contributed by atoms with E-state index >= 15 is 0 Å². The molecule has 0 bridgehead atoms. The van der Waals surface area contributed by atoms with Crippen LogP contribution in [0.2, 0.25) is 0 Å². The summed E-state index contributed by atoms with van der Waals surface area (Å²) in [4.78, 5) is 14.1. The number of hydrogen-bond acceptors (Lipinski definition) is 2. The van der Waals surface area contributed by atoms with E-state index in [4.69, 9.17) is 0 Å². The molecule has 2 rings (SSSR count). The fourth-order valence-electron chi connectivity index (χ4n) is 1.94. The number of aryl methyl sites for hydroxylation is 1. The van der Waals surface area contributed by atoms with Crippen LogP contribution in [-0.2, 0) is 6.42 Å². The molecule has 3 nitrogen and oxygen atoms in total. The zero-order valence-corrected chi connectivity index (χ0v) is 12.2. The predicted octanol–water partition coefficient (Wildman–Crippen LogP) is 3.57. The molecular weight excluding hydrogens is 248 g/mol. The number of benzene rings is 2. The summed E-state index contributed by atoms with van der Waals surface area (Å²) < 4.78 is 0. The van der Waals surface area contributed by atoms with Crippen molar-refractivity contribution in [3.63, 3.8) is 0 Å². The molecule has 0 aromatic heterocycles. The van der Waals surface area contributed by atoms with E-state index in [0.717, 1.165) is 17.8 Å². The van der Waals surface area contributed by atoms with Crippen molar-refractivity contribution < 1.29 is 4.79 Å². The van der Waals surface area contributed by atoms with Gasteiger partial charge < -0.3 is 10.2 Å². The van der Waals surface area contributed by atoms with Crippen LogP contribution in [0, 0.1) is 0 Å². The summed E-state index contributed by atoms with van der Waals surface area (Å²) in [5.41, 5.74) is 3.83. The summed E-state index contributed by atoms with van der Waals surface area (Å²) in [6.45, 7) is 2.10. The average Bonchev–Trinajstić information content (AvgIpc) is 2.48. The molecule has 3 heteroatoms. The third kappa shape index (κ3) is 3.38. The van der Waals surface area contributed by atoms with Gasteiger partial charge in [0.1, 0.15) is 0 Å². The molecule has 0 heterocycles. The van der Waals surface area contributed by atoms with Gasteiger partial charge in [-0.1, -0.05) is 19.1 Å². The van der Waals surface area contributed by atoms with E-state index in [1.165, 1.54) is 5.56 Å². The number of carbonyl (C=O) groups excluding carboxylic acids is 1. The van der Waals surface area contributed by atoms with E-state index in [2.05, 4.69) is 12.2 Å². The van der Waals surface area contributed by atoms with E-state index in [1.54, 1.807) is 0 Å². The Kier molecular flexibility index (Phi) is 4.41. The maximum atomic E-state index is 12.1. The van der Waals surface area contributed by atoms with Gasteiger partial charge in [-0.05, 0) is 48.4 Å². The van der Waals surface area contributed by atoms with Crippen LogP contribution in [0.15, 0.2) is 48.5 Å². The molecule has 1 amide bonds. The molecular formula is C17H20N2O. The van der Waals surface area contributed by atoms with E-state index in [1.807, 2.05) is 67.5 Å². The number of carbonyl (C=O) groups is 1. The second-order valence-electron chi connectivity index (χ2n) is 4.95. The lowest BCUT2D eigenvalue weighted by atomic mass is 10.1. The van der Waals surface area contributed by atoms with Crippen molar-refractivity contribution >= 4 is 17.3 Å². The summed E-state index contributed by atoms with van der Waals surface area (Å²) in [7, 11) is 3.98.